The fraction of sp³-hybridized carbons (Fsp3) is 1.00. The Bertz CT molecular complexity index is 145. The lowest BCUT2D eigenvalue weighted by Gasteiger charge is -2.15. The zero-order chi connectivity index (χ0) is 12.8. The van der Waals surface area contributed by atoms with E-state index in [0.717, 1.165) is 19.6 Å². The Morgan fingerprint density at radius 3 is 2.18 bits per heavy atom. The van der Waals surface area contributed by atoms with Crippen LogP contribution in [0.25, 0.3) is 0 Å². The molecule has 0 radical (unpaired) electrons. The van der Waals surface area contributed by atoms with E-state index in [4.69, 9.17) is 14.2 Å². The smallest absolute Gasteiger partial charge is 0.0701 e. The van der Waals surface area contributed by atoms with Crippen molar-refractivity contribution in [2.75, 3.05) is 46.7 Å². The number of ether oxygens (including phenoxy) is 3. The second kappa shape index (κ2) is 13.9. The first-order valence-electron chi connectivity index (χ1n) is 6.72. The van der Waals surface area contributed by atoms with Crippen LogP contribution in [0.4, 0.5) is 0 Å². The van der Waals surface area contributed by atoms with Crippen molar-refractivity contribution in [2.24, 2.45) is 0 Å². The summed E-state index contributed by atoms with van der Waals surface area (Å²) < 4.78 is 15.7. The highest BCUT2D eigenvalue weighted by atomic mass is 16.5. The Morgan fingerprint density at radius 1 is 0.941 bits per heavy atom. The molecule has 0 aromatic carbocycles. The predicted molar refractivity (Wildman–Crippen MR) is 70.5 cm³/mol. The van der Waals surface area contributed by atoms with E-state index in [2.05, 4.69) is 19.2 Å². The summed E-state index contributed by atoms with van der Waals surface area (Å²) in [6, 6.07) is 0.640. The molecule has 0 aliphatic carbocycles. The van der Waals surface area contributed by atoms with Gasteiger partial charge >= 0.3 is 0 Å². The van der Waals surface area contributed by atoms with E-state index < -0.39 is 0 Å². The standard InChI is InChI=1S/C13H29NO3/c1-4-13(14-5-2)7-6-8-16-11-12-17-10-9-15-3/h13-14H,4-12H2,1-3H3. The molecule has 0 spiro atoms. The van der Waals surface area contributed by atoms with Crippen molar-refractivity contribution < 1.29 is 14.2 Å². The number of methoxy groups -OCH3 is 1. The minimum Gasteiger partial charge on any atom is -0.382 e. The lowest BCUT2D eigenvalue weighted by molar-refractivity contribution is 0.0236. The summed E-state index contributed by atoms with van der Waals surface area (Å²) in [5.74, 6) is 0. The van der Waals surface area contributed by atoms with Gasteiger partial charge in [0, 0.05) is 19.8 Å². The lowest BCUT2D eigenvalue weighted by atomic mass is 10.1. The molecule has 0 saturated carbocycles. The molecular formula is C13H29NO3. The van der Waals surface area contributed by atoms with Crippen LogP contribution >= 0.6 is 0 Å². The molecule has 0 aromatic rings. The number of hydrogen-bond donors (Lipinski definition) is 1. The van der Waals surface area contributed by atoms with Crippen LogP contribution in [0.3, 0.4) is 0 Å². The zero-order valence-corrected chi connectivity index (χ0v) is 11.7. The number of rotatable bonds is 13. The molecule has 4 heteroatoms. The summed E-state index contributed by atoms with van der Waals surface area (Å²) in [4.78, 5) is 0. The summed E-state index contributed by atoms with van der Waals surface area (Å²) in [5.41, 5.74) is 0. The number of hydrogen-bond acceptors (Lipinski definition) is 4. The normalized spacial score (nSPS) is 12.9. The van der Waals surface area contributed by atoms with Crippen molar-refractivity contribution in [2.45, 2.75) is 39.2 Å². The van der Waals surface area contributed by atoms with Gasteiger partial charge in [-0.25, -0.2) is 0 Å². The van der Waals surface area contributed by atoms with Gasteiger partial charge in [-0.1, -0.05) is 13.8 Å². The summed E-state index contributed by atoms with van der Waals surface area (Å²) in [7, 11) is 1.67. The lowest BCUT2D eigenvalue weighted by Crippen LogP contribution is -2.28. The molecule has 0 aromatic heterocycles. The molecule has 1 unspecified atom stereocenters. The van der Waals surface area contributed by atoms with Gasteiger partial charge in [-0.3, -0.25) is 0 Å². The van der Waals surface area contributed by atoms with Gasteiger partial charge in [0.1, 0.15) is 0 Å². The van der Waals surface area contributed by atoms with Gasteiger partial charge < -0.3 is 19.5 Å². The summed E-state index contributed by atoms with van der Waals surface area (Å²) >= 11 is 0. The minimum atomic E-state index is 0.640. The molecule has 1 N–H and O–H groups in total. The highest BCUT2D eigenvalue weighted by Gasteiger charge is 2.02. The van der Waals surface area contributed by atoms with Crippen LogP contribution < -0.4 is 5.32 Å². The first-order chi connectivity index (χ1) is 8.35. The molecule has 0 aliphatic rings. The van der Waals surface area contributed by atoms with Crippen LogP contribution in [0, 0.1) is 0 Å². The quantitative estimate of drug-likeness (QED) is 0.504. The first-order valence-corrected chi connectivity index (χ1v) is 6.72. The van der Waals surface area contributed by atoms with Crippen LogP contribution in [-0.4, -0.2) is 52.7 Å². The van der Waals surface area contributed by atoms with Gasteiger partial charge in [0.05, 0.1) is 26.4 Å². The van der Waals surface area contributed by atoms with Gasteiger partial charge in [0.2, 0.25) is 0 Å². The molecular weight excluding hydrogens is 218 g/mol. The molecule has 0 rings (SSSR count). The summed E-state index contributed by atoms with van der Waals surface area (Å²) in [6.07, 6.45) is 3.49. The van der Waals surface area contributed by atoms with Crippen molar-refractivity contribution in [3.63, 3.8) is 0 Å². The fourth-order valence-corrected chi connectivity index (χ4v) is 1.64. The molecule has 0 saturated heterocycles. The van der Waals surface area contributed by atoms with Crippen molar-refractivity contribution >= 4 is 0 Å². The predicted octanol–water partition coefficient (Wildman–Crippen LogP) is 1.83. The maximum absolute atomic E-state index is 5.49. The molecule has 0 heterocycles. The maximum atomic E-state index is 5.49. The third-order valence-electron chi connectivity index (χ3n) is 2.63. The minimum absolute atomic E-state index is 0.640. The second-order valence-electron chi connectivity index (χ2n) is 4.02. The van der Waals surface area contributed by atoms with Gasteiger partial charge in [-0.2, -0.15) is 0 Å². The van der Waals surface area contributed by atoms with Gasteiger partial charge in [0.15, 0.2) is 0 Å². The van der Waals surface area contributed by atoms with E-state index >= 15 is 0 Å². The molecule has 17 heavy (non-hydrogen) atoms. The Balaban J connectivity index is 3.11. The zero-order valence-electron chi connectivity index (χ0n) is 11.7. The first kappa shape index (κ1) is 16.8. The average Bonchev–Trinajstić information content (AvgIpc) is 2.35. The number of nitrogens with one attached hydrogen (secondary N) is 1. The van der Waals surface area contributed by atoms with E-state index in [1.807, 2.05) is 0 Å². The molecule has 1 atom stereocenters. The van der Waals surface area contributed by atoms with E-state index in [1.54, 1.807) is 7.11 Å². The maximum Gasteiger partial charge on any atom is 0.0701 e. The van der Waals surface area contributed by atoms with Crippen LogP contribution in [0.15, 0.2) is 0 Å². The monoisotopic (exact) mass is 247 g/mol. The van der Waals surface area contributed by atoms with Gasteiger partial charge in [0.25, 0.3) is 0 Å². The highest BCUT2D eigenvalue weighted by molar-refractivity contribution is 4.62. The second-order valence-corrected chi connectivity index (χ2v) is 4.02. The summed E-state index contributed by atoms with van der Waals surface area (Å²) in [5, 5.41) is 3.46. The SMILES string of the molecule is CCNC(CC)CCCOCCOCCOC. The Morgan fingerprint density at radius 2 is 1.59 bits per heavy atom. The molecule has 0 amide bonds. The van der Waals surface area contributed by atoms with Gasteiger partial charge in [-0.15, -0.1) is 0 Å². The van der Waals surface area contributed by atoms with E-state index in [9.17, 15) is 0 Å². The topological polar surface area (TPSA) is 39.7 Å². The Kier molecular flexibility index (Phi) is 13.8. The molecule has 4 nitrogen and oxygen atoms in total. The summed E-state index contributed by atoms with van der Waals surface area (Å²) in [6.45, 7) is 8.89. The van der Waals surface area contributed by atoms with Crippen molar-refractivity contribution in [1.82, 2.24) is 5.32 Å². The molecule has 0 fully saturated rings. The van der Waals surface area contributed by atoms with Crippen molar-refractivity contribution in [3.05, 3.63) is 0 Å². The van der Waals surface area contributed by atoms with Crippen molar-refractivity contribution in [3.8, 4) is 0 Å². The third kappa shape index (κ3) is 12.1. The fourth-order valence-electron chi connectivity index (χ4n) is 1.64. The van der Waals surface area contributed by atoms with Gasteiger partial charge in [-0.05, 0) is 25.8 Å². The van der Waals surface area contributed by atoms with Crippen LogP contribution in [-0.2, 0) is 14.2 Å². The van der Waals surface area contributed by atoms with E-state index in [0.29, 0.717) is 32.5 Å². The Hall–Kier alpha value is -0.160. The Labute approximate surface area is 106 Å². The van der Waals surface area contributed by atoms with E-state index in [1.165, 1.54) is 12.8 Å². The van der Waals surface area contributed by atoms with Crippen LogP contribution in [0.2, 0.25) is 0 Å². The average molecular weight is 247 g/mol. The molecule has 104 valence electrons. The highest BCUT2D eigenvalue weighted by Crippen LogP contribution is 2.01. The third-order valence-corrected chi connectivity index (χ3v) is 2.63. The van der Waals surface area contributed by atoms with Crippen molar-refractivity contribution in [1.29, 1.82) is 0 Å². The van der Waals surface area contributed by atoms with Crippen LogP contribution in [0.5, 0.6) is 0 Å². The van der Waals surface area contributed by atoms with E-state index in [-0.39, 0.29) is 0 Å². The van der Waals surface area contributed by atoms with Crippen LogP contribution in [0.1, 0.15) is 33.1 Å². The molecule has 0 aliphatic heterocycles. The largest absolute Gasteiger partial charge is 0.382 e. The molecule has 0 bridgehead atoms.